The van der Waals surface area contributed by atoms with Crippen LogP contribution in [0.2, 0.25) is 0 Å². The third-order valence-corrected chi connectivity index (χ3v) is 2.96. The van der Waals surface area contributed by atoms with Gasteiger partial charge in [0.1, 0.15) is 5.75 Å². The van der Waals surface area contributed by atoms with Gasteiger partial charge in [0.15, 0.2) is 5.78 Å². The fourth-order valence-electron chi connectivity index (χ4n) is 1.43. The standard InChI is InChI=1S/C13H18O2S/c1-10-5-6-12(11(2)14)13(9-10)15-7-4-8-16-3/h5-6,9H,4,7-8H2,1-3H3. The zero-order valence-corrected chi connectivity index (χ0v) is 10.9. The largest absolute Gasteiger partial charge is 0.493 e. The average molecular weight is 238 g/mol. The number of benzene rings is 1. The number of ether oxygens (including phenoxy) is 1. The van der Waals surface area contributed by atoms with E-state index in [0.717, 1.165) is 17.7 Å². The summed E-state index contributed by atoms with van der Waals surface area (Å²) in [7, 11) is 0. The number of carbonyl (C=O) groups excluding carboxylic acids is 1. The van der Waals surface area contributed by atoms with Crippen LogP contribution in [0.25, 0.3) is 0 Å². The van der Waals surface area contributed by atoms with Gasteiger partial charge >= 0.3 is 0 Å². The van der Waals surface area contributed by atoms with Gasteiger partial charge in [0.25, 0.3) is 0 Å². The highest BCUT2D eigenvalue weighted by molar-refractivity contribution is 7.98. The van der Waals surface area contributed by atoms with Crippen molar-refractivity contribution in [2.45, 2.75) is 20.3 Å². The van der Waals surface area contributed by atoms with Crippen molar-refractivity contribution in [3.63, 3.8) is 0 Å². The van der Waals surface area contributed by atoms with Crippen LogP contribution in [0.3, 0.4) is 0 Å². The first-order valence-corrected chi connectivity index (χ1v) is 6.78. The van der Waals surface area contributed by atoms with Gasteiger partial charge in [-0.2, -0.15) is 11.8 Å². The SMILES string of the molecule is CSCCCOc1cc(C)ccc1C(C)=O. The summed E-state index contributed by atoms with van der Waals surface area (Å²) in [4.78, 5) is 11.4. The van der Waals surface area contributed by atoms with E-state index < -0.39 is 0 Å². The predicted octanol–water partition coefficient (Wildman–Crippen LogP) is 3.33. The van der Waals surface area contributed by atoms with Crippen molar-refractivity contribution in [2.75, 3.05) is 18.6 Å². The Balaban J connectivity index is 2.68. The molecule has 88 valence electrons. The van der Waals surface area contributed by atoms with Gasteiger partial charge in [0, 0.05) is 0 Å². The minimum atomic E-state index is 0.0554. The number of hydrogen-bond acceptors (Lipinski definition) is 3. The molecular weight excluding hydrogens is 220 g/mol. The maximum atomic E-state index is 11.4. The molecule has 0 aromatic heterocycles. The van der Waals surface area contributed by atoms with Gasteiger partial charge in [0.05, 0.1) is 12.2 Å². The zero-order chi connectivity index (χ0) is 12.0. The summed E-state index contributed by atoms with van der Waals surface area (Å²) in [5, 5.41) is 0. The van der Waals surface area contributed by atoms with Gasteiger partial charge in [-0.25, -0.2) is 0 Å². The van der Waals surface area contributed by atoms with Crippen molar-refractivity contribution in [1.29, 1.82) is 0 Å². The van der Waals surface area contributed by atoms with Crippen LogP contribution in [-0.4, -0.2) is 24.4 Å². The Labute approximate surface area is 101 Å². The molecule has 0 aliphatic heterocycles. The number of carbonyl (C=O) groups is 1. The molecule has 0 aliphatic carbocycles. The normalized spacial score (nSPS) is 10.2. The molecule has 0 N–H and O–H groups in total. The highest BCUT2D eigenvalue weighted by Crippen LogP contribution is 2.21. The van der Waals surface area contributed by atoms with Gasteiger partial charge in [-0.15, -0.1) is 0 Å². The van der Waals surface area contributed by atoms with E-state index in [1.807, 2.05) is 25.1 Å². The second-order valence-electron chi connectivity index (χ2n) is 3.75. The summed E-state index contributed by atoms with van der Waals surface area (Å²) in [5.41, 5.74) is 1.79. The molecule has 1 aromatic carbocycles. The van der Waals surface area contributed by atoms with Crippen molar-refractivity contribution in [1.82, 2.24) is 0 Å². The lowest BCUT2D eigenvalue weighted by atomic mass is 10.1. The van der Waals surface area contributed by atoms with E-state index in [2.05, 4.69) is 6.26 Å². The number of thioether (sulfide) groups is 1. The van der Waals surface area contributed by atoms with E-state index in [0.29, 0.717) is 17.9 Å². The molecule has 0 heterocycles. The first-order valence-electron chi connectivity index (χ1n) is 5.38. The summed E-state index contributed by atoms with van der Waals surface area (Å²) in [6.07, 6.45) is 3.08. The van der Waals surface area contributed by atoms with E-state index in [4.69, 9.17) is 4.74 Å². The molecule has 0 atom stereocenters. The van der Waals surface area contributed by atoms with E-state index >= 15 is 0 Å². The Kier molecular flexibility index (Phi) is 5.39. The minimum absolute atomic E-state index is 0.0554. The van der Waals surface area contributed by atoms with Crippen LogP contribution in [0, 0.1) is 6.92 Å². The van der Waals surface area contributed by atoms with Gasteiger partial charge in [-0.05, 0) is 50.0 Å². The van der Waals surface area contributed by atoms with Gasteiger partial charge in [-0.3, -0.25) is 4.79 Å². The fraction of sp³-hybridized carbons (Fsp3) is 0.462. The maximum Gasteiger partial charge on any atom is 0.163 e. The Bertz CT molecular complexity index is 361. The molecule has 0 unspecified atom stereocenters. The Morgan fingerprint density at radius 3 is 2.81 bits per heavy atom. The molecule has 0 spiro atoms. The molecule has 0 bridgehead atoms. The summed E-state index contributed by atoms with van der Waals surface area (Å²) in [6, 6.07) is 5.70. The third-order valence-electron chi connectivity index (χ3n) is 2.27. The Hall–Kier alpha value is -0.960. The number of Topliss-reactive ketones (excluding diaryl/α,β-unsaturated/α-hetero) is 1. The number of hydrogen-bond donors (Lipinski definition) is 0. The fourth-order valence-corrected chi connectivity index (χ4v) is 1.83. The van der Waals surface area contributed by atoms with E-state index in [9.17, 15) is 4.79 Å². The molecule has 0 saturated carbocycles. The number of ketones is 1. The molecule has 0 aliphatic rings. The molecule has 0 saturated heterocycles. The monoisotopic (exact) mass is 238 g/mol. The zero-order valence-electron chi connectivity index (χ0n) is 10.1. The highest BCUT2D eigenvalue weighted by Gasteiger charge is 2.08. The average Bonchev–Trinajstić information content (AvgIpc) is 2.24. The van der Waals surface area contributed by atoms with E-state index in [-0.39, 0.29) is 5.78 Å². The van der Waals surface area contributed by atoms with Crippen molar-refractivity contribution in [3.8, 4) is 5.75 Å². The highest BCUT2D eigenvalue weighted by atomic mass is 32.2. The molecular formula is C13H18O2S. The summed E-state index contributed by atoms with van der Waals surface area (Å²) >= 11 is 1.80. The lowest BCUT2D eigenvalue weighted by molar-refractivity contribution is 0.101. The summed E-state index contributed by atoms with van der Waals surface area (Å²) in [6.45, 7) is 4.24. The number of aryl methyl sites for hydroxylation is 1. The molecule has 16 heavy (non-hydrogen) atoms. The van der Waals surface area contributed by atoms with Crippen LogP contribution < -0.4 is 4.74 Å². The molecule has 1 rings (SSSR count). The van der Waals surface area contributed by atoms with E-state index in [1.54, 1.807) is 18.7 Å². The predicted molar refractivity (Wildman–Crippen MR) is 69.7 cm³/mol. The van der Waals surface area contributed by atoms with Crippen molar-refractivity contribution in [2.24, 2.45) is 0 Å². The van der Waals surface area contributed by atoms with Crippen molar-refractivity contribution >= 4 is 17.5 Å². The topological polar surface area (TPSA) is 26.3 Å². The van der Waals surface area contributed by atoms with Gasteiger partial charge < -0.3 is 4.74 Å². The van der Waals surface area contributed by atoms with E-state index in [1.165, 1.54) is 0 Å². The summed E-state index contributed by atoms with van der Waals surface area (Å²) < 4.78 is 5.65. The Morgan fingerprint density at radius 2 is 2.19 bits per heavy atom. The number of rotatable bonds is 6. The molecule has 3 heteroatoms. The molecule has 0 amide bonds. The van der Waals surface area contributed by atoms with Crippen LogP contribution in [0.5, 0.6) is 5.75 Å². The maximum absolute atomic E-state index is 11.4. The van der Waals surface area contributed by atoms with Crippen LogP contribution in [0.4, 0.5) is 0 Å². The molecule has 0 fully saturated rings. The smallest absolute Gasteiger partial charge is 0.163 e. The van der Waals surface area contributed by atoms with Crippen molar-refractivity contribution < 1.29 is 9.53 Å². The van der Waals surface area contributed by atoms with Crippen LogP contribution in [-0.2, 0) is 0 Å². The van der Waals surface area contributed by atoms with Gasteiger partial charge in [0.2, 0.25) is 0 Å². The second-order valence-corrected chi connectivity index (χ2v) is 4.74. The first-order chi connectivity index (χ1) is 7.65. The summed E-state index contributed by atoms with van der Waals surface area (Å²) in [5.74, 6) is 1.86. The van der Waals surface area contributed by atoms with Crippen LogP contribution >= 0.6 is 11.8 Å². The molecule has 2 nitrogen and oxygen atoms in total. The molecule has 1 aromatic rings. The van der Waals surface area contributed by atoms with Crippen molar-refractivity contribution in [3.05, 3.63) is 29.3 Å². The first kappa shape index (κ1) is 13.1. The third kappa shape index (κ3) is 3.89. The minimum Gasteiger partial charge on any atom is -0.493 e. The van der Waals surface area contributed by atoms with Gasteiger partial charge in [-0.1, -0.05) is 6.07 Å². The Morgan fingerprint density at radius 1 is 1.44 bits per heavy atom. The quantitative estimate of drug-likeness (QED) is 0.561. The molecule has 0 radical (unpaired) electrons. The van der Waals surface area contributed by atoms with Crippen LogP contribution in [0.1, 0.15) is 29.3 Å². The van der Waals surface area contributed by atoms with Crippen LogP contribution in [0.15, 0.2) is 18.2 Å². The second kappa shape index (κ2) is 6.59. The lowest BCUT2D eigenvalue weighted by Gasteiger charge is -2.10. The lowest BCUT2D eigenvalue weighted by Crippen LogP contribution is -2.04.